The second-order valence-electron chi connectivity index (χ2n) is 4.53. The summed E-state index contributed by atoms with van der Waals surface area (Å²) in [5.41, 5.74) is 0.760. The maximum Gasteiger partial charge on any atom is 0.229 e. The molecule has 6 heteroatoms. The van der Waals surface area contributed by atoms with E-state index in [0.29, 0.717) is 5.13 Å². The summed E-state index contributed by atoms with van der Waals surface area (Å²) < 4.78 is 5.28. The molecule has 100 valence electrons. The minimum atomic E-state index is 0.0712. The van der Waals surface area contributed by atoms with Crippen LogP contribution < -0.4 is 10.6 Å². The third kappa shape index (κ3) is 2.85. The highest BCUT2D eigenvalue weighted by Crippen LogP contribution is 2.26. The lowest BCUT2D eigenvalue weighted by Crippen LogP contribution is -2.34. The molecule has 0 radical (unpaired) electrons. The molecule has 19 heavy (non-hydrogen) atoms. The summed E-state index contributed by atoms with van der Waals surface area (Å²) in [5.74, 6) is 0.887. The van der Waals surface area contributed by atoms with Crippen molar-refractivity contribution in [2.75, 3.05) is 18.4 Å². The third-order valence-corrected chi connectivity index (χ3v) is 3.98. The quantitative estimate of drug-likeness (QED) is 0.903. The Morgan fingerprint density at radius 2 is 2.32 bits per heavy atom. The largest absolute Gasteiger partial charge is 0.463 e. The lowest BCUT2D eigenvalue weighted by Gasteiger charge is -2.20. The molecule has 1 fully saturated rings. The van der Waals surface area contributed by atoms with Gasteiger partial charge in [0.2, 0.25) is 5.91 Å². The highest BCUT2D eigenvalue weighted by atomic mass is 32.1. The van der Waals surface area contributed by atoms with Crippen LogP contribution in [0.1, 0.15) is 12.8 Å². The van der Waals surface area contributed by atoms with Crippen LogP contribution in [0.3, 0.4) is 0 Å². The normalized spacial score (nSPS) is 16.4. The first kappa shape index (κ1) is 12.4. The van der Waals surface area contributed by atoms with Crippen molar-refractivity contribution in [3.63, 3.8) is 0 Å². The van der Waals surface area contributed by atoms with Gasteiger partial charge in [-0.1, -0.05) is 0 Å². The SMILES string of the molecule is O=C(Nc1nc(-c2ccco2)cs1)C1CCNCC1. The van der Waals surface area contributed by atoms with E-state index in [2.05, 4.69) is 15.6 Å². The van der Waals surface area contributed by atoms with Crippen LogP contribution in [0.25, 0.3) is 11.5 Å². The fourth-order valence-corrected chi connectivity index (χ4v) is 2.86. The second-order valence-corrected chi connectivity index (χ2v) is 5.39. The van der Waals surface area contributed by atoms with E-state index in [1.165, 1.54) is 11.3 Å². The molecule has 3 heterocycles. The van der Waals surface area contributed by atoms with Gasteiger partial charge in [-0.25, -0.2) is 4.98 Å². The Morgan fingerprint density at radius 1 is 1.47 bits per heavy atom. The van der Waals surface area contributed by atoms with Crippen LogP contribution in [0, 0.1) is 5.92 Å². The number of amides is 1. The average Bonchev–Trinajstić information content (AvgIpc) is 3.10. The van der Waals surface area contributed by atoms with Gasteiger partial charge in [0, 0.05) is 11.3 Å². The van der Waals surface area contributed by atoms with Crippen molar-refractivity contribution in [2.24, 2.45) is 5.92 Å². The van der Waals surface area contributed by atoms with Crippen LogP contribution >= 0.6 is 11.3 Å². The molecule has 0 spiro atoms. The lowest BCUT2D eigenvalue weighted by atomic mass is 9.97. The summed E-state index contributed by atoms with van der Waals surface area (Å²) in [5, 5.41) is 8.66. The fraction of sp³-hybridized carbons (Fsp3) is 0.385. The van der Waals surface area contributed by atoms with E-state index >= 15 is 0 Å². The first-order valence-electron chi connectivity index (χ1n) is 6.34. The predicted octanol–water partition coefficient (Wildman–Crippen LogP) is 2.34. The maximum absolute atomic E-state index is 12.1. The number of piperidine rings is 1. The molecule has 1 saturated heterocycles. The monoisotopic (exact) mass is 277 g/mol. The number of aromatic nitrogens is 1. The summed E-state index contributed by atoms with van der Waals surface area (Å²) in [6.45, 7) is 1.82. The van der Waals surface area contributed by atoms with Gasteiger partial charge in [0.1, 0.15) is 5.69 Å². The van der Waals surface area contributed by atoms with E-state index in [0.717, 1.165) is 37.4 Å². The van der Waals surface area contributed by atoms with Gasteiger partial charge in [0.05, 0.1) is 6.26 Å². The van der Waals surface area contributed by atoms with Crippen molar-refractivity contribution in [1.29, 1.82) is 0 Å². The van der Waals surface area contributed by atoms with Crippen molar-refractivity contribution in [3.8, 4) is 11.5 Å². The summed E-state index contributed by atoms with van der Waals surface area (Å²) in [6.07, 6.45) is 3.40. The molecule has 2 aromatic rings. The first-order chi connectivity index (χ1) is 9.33. The van der Waals surface area contributed by atoms with Crippen molar-refractivity contribution in [2.45, 2.75) is 12.8 Å². The number of hydrogen-bond acceptors (Lipinski definition) is 5. The van der Waals surface area contributed by atoms with Gasteiger partial charge in [0.25, 0.3) is 0 Å². The standard InChI is InChI=1S/C13H15N3O2S/c17-12(9-3-5-14-6-4-9)16-13-15-10(8-19-13)11-2-1-7-18-11/h1-2,7-9,14H,3-6H2,(H,15,16,17). The Hall–Kier alpha value is -1.66. The summed E-state index contributed by atoms with van der Waals surface area (Å²) in [4.78, 5) is 16.4. The number of hydrogen-bond donors (Lipinski definition) is 2. The molecule has 0 bridgehead atoms. The third-order valence-electron chi connectivity index (χ3n) is 3.22. The zero-order valence-corrected chi connectivity index (χ0v) is 11.2. The molecule has 0 saturated carbocycles. The van der Waals surface area contributed by atoms with E-state index < -0.39 is 0 Å². The number of anilines is 1. The predicted molar refractivity (Wildman–Crippen MR) is 74.0 cm³/mol. The summed E-state index contributed by atoms with van der Waals surface area (Å²) in [7, 11) is 0. The number of nitrogens with zero attached hydrogens (tertiary/aromatic N) is 1. The molecule has 1 amide bonds. The summed E-state index contributed by atoms with van der Waals surface area (Å²) in [6, 6.07) is 3.68. The Labute approximate surface area is 115 Å². The van der Waals surface area contributed by atoms with Crippen molar-refractivity contribution in [3.05, 3.63) is 23.8 Å². The molecule has 0 unspecified atom stereocenters. The van der Waals surface area contributed by atoms with Crippen molar-refractivity contribution in [1.82, 2.24) is 10.3 Å². The fourth-order valence-electron chi connectivity index (χ4n) is 2.16. The molecule has 0 atom stereocenters. The number of nitrogens with one attached hydrogen (secondary N) is 2. The molecule has 3 rings (SSSR count). The summed E-state index contributed by atoms with van der Waals surface area (Å²) >= 11 is 1.42. The molecule has 1 aliphatic heterocycles. The maximum atomic E-state index is 12.1. The highest BCUT2D eigenvalue weighted by Gasteiger charge is 2.21. The van der Waals surface area contributed by atoms with Crippen LogP contribution in [0.15, 0.2) is 28.2 Å². The minimum absolute atomic E-state index is 0.0712. The van der Waals surface area contributed by atoms with Gasteiger partial charge < -0.3 is 15.1 Å². The Morgan fingerprint density at radius 3 is 3.05 bits per heavy atom. The molecular weight excluding hydrogens is 262 g/mol. The molecular formula is C13H15N3O2S. The van der Waals surface area contributed by atoms with E-state index in [4.69, 9.17) is 4.42 Å². The van der Waals surface area contributed by atoms with Crippen LogP contribution in [-0.4, -0.2) is 24.0 Å². The zero-order chi connectivity index (χ0) is 13.1. The van der Waals surface area contributed by atoms with E-state index in [9.17, 15) is 4.79 Å². The second kappa shape index (κ2) is 5.54. The smallest absolute Gasteiger partial charge is 0.229 e. The van der Waals surface area contributed by atoms with Gasteiger partial charge in [0.15, 0.2) is 10.9 Å². The Balaban J connectivity index is 1.65. The van der Waals surface area contributed by atoms with Crippen molar-refractivity contribution < 1.29 is 9.21 Å². The molecule has 2 aromatic heterocycles. The number of carbonyl (C=O) groups excluding carboxylic acids is 1. The number of thiazole rings is 1. The van der Waals surface area contributed by atoms with Gasteiger partial charge in [-0.05, 0) is 38.1 Å². The minimum Gasteiger partial charge on any atom is -0.463 e. The van der Waals surface area contributed by atoms with Crippen LogP contribution in [0.2, 0.25) is 0 Å². The molecule has 5 nitrogen and oxygen atoms in total. The van der Waals surface area contributed by atoms with E-state index in [-0.39, 0.29) is 11.8 Å². The molecule has 2 N–H and O–H groups in total. The number of carbonyl (C=O) groups is 1. The van der Waals surface area contributed by atoms with Crippen molar-refractivity contribution >= 4 is 22.4 Å². The van der Waals surface area contributed by atoms with Gasteiger partial charge in [-0.2, -0.15) is 0 Å². The molecule has 0 aliphatic carbocycles. The molecule has 0 aromatic carbocycles. The van der Waals surface area contributed by atoms with E-state index in [1.54, 1.807) is 6.26 Å². The van der Waals surface area contributed by atoms with Crippen LogP contribution in [0.5, 0.6) is 0 Å². The average molecular weight is 277 g/mol. The van der Waals surface area contributed by atoms with Crippen LogP contribution in [-0.2, 0) is 4.79 Å². The molecule has 1 aliphatic rings. The highest BCUT2D eigenvalue weighted by molar-refractivity contribution is 7.14. The number of rotatable bonds is 3. The lowest BCUT2D eigenvalue weighted by molar-refractivity contribution is -0.120. The van der Waals surface area contributed by atoms with Gasteiger partial charge >= 0.3 is 0 Å². The first-order valence-corrected chi connectivity index (χ1v) is 7.22. The van der Waals surface area contributed by atoms with Gasteiger partial charge in [-0.15, -0.1) is 11.3 Å². The topological polar surface area (TPSA) is 67.2 Å². The van der Waals surface area contributed by atoms with Gasteiger partial charge in [-0.3, -0.25) is 4.79 Å². The van der Waals surface area contributed by atoms with Crippen LogP contribution in [0.4, 0.5) is 5.13 Å². The Kier molecular flexibility index (Phi) is 3.61. The number of furan rings is 1. The Bertz CT molecular complexity index is 544. The zero-order valence-electron chi connectivity index (χ0n) is 10.4. The van der Waals surface area contributed by atoms with E-state index in [1.807, 2.05) is 17.5 Å².